The highest BCUT2D eigenvalue weighted by molar-refractivity contribution is 6.44. The van der Waals surface area contributed by atoms with Crippen LogP contribution in [0.15, 0.2) is 36.4 Å². The van der Waals surface area contributed by atoms with Crippen molar-refractivity contribution in [2.75, 3.05) is 5.32 Å². The van der Waals surface area contributed by atoms with Crippen LogP contribution < -0.4 is 5.32 Å². The fourth-order valence-electron chi connectivity index (χ4n) is 1.86. The van der Waals surface area contributed by atoms with Gasteiger partial charge in [0, 0.05) is 5.69 Å². The number of carbonyl (C=O) groups is 2. The summed E-state index contributed by atoms with van der Waals surface area (Å²) in [4.78, 5) is 23.1. The zero-order valence-corrected chi connectivity index (χ0v) is 12.5. The van der Waals surface area contributed by atoms with Crippen molar-refractivity contribution in [1.82, 2.24) is 0 Å². The monoisotopic (exact) mass is 323 g/mol. The summed E-state index contributed by atoms with van der Waals surface area (Å²) in [5.41, 5.74) is 1.48. The molecule has 0 atom stereocenters. The molecule has 2 aromatic rings. The van der Waals surface area contributed by atoms with Gasteiger partial charge < -0.3 is 10.4 Å². The first-order valence-electron chi connectivity index (χ1n) is 5.99. The quantitative estimate of drug-likeness (QED) is 0.887. The molecule has 4 nitrogen and oxygen atoms in total. The highest BCUT2D eigenvalue weighted by atomic mass is 35.5. The molecule has 0 aliphatic carbocycles. The molecular weight excluding hydrogens is 313 g/mol. The van der Waals surface area contributed by atoms with Gasteiger partial charge in [-0.1, -0.05) is 29.3 Å². The van der Waals surface area contributed by atoms with E-state index in [-0.39, 0.29) is 16.1 Å². The second kappa shape index (κ2) is 6.16. The number of benzene rings is 2. The second-order valence-electron chi connectivity index (χ2n) is 4.39. The number of hydrogen-bond acceptors (Lipinski definition) is 2. The Hall–Kier alpha value is -2.04. The van der Waals surface area contributed by atoms with Crippen LogP contribution in [0.5, 0.6) is 0 Å². The average Bonchev–Trinajstić information content (AvgIpc) is 2.41. The number of carbonyl (C=O) groups excluding carboxylic acids is 1. The van der Waals surface area contributed by atoms with E-state index in [0.717, 1.165) is 0 Å². The van der Waals surface area contributed by atoms with Crippen LogP contribution in [-0.2, 0) is 0 Å². The van der Waals surface area contributed by atoms with Gasteiger partial charge in [0.25, 0.3) is 5.91 Å². The SMILES string of the molecule is Cc1cc(NC(=O)c2cccc(Cl)c2Cl)ccc1C(=O)O. The van der Waals surface area contributed by atoms with E-state index in [0.29, 0.717) is 16.3 Å². The number of rotatable bonds is 3. The molecule has 0 spiro atoms. The predicted molar refractivity (Wildman–Crippen MR) is 82.6 cm³/mol. The molecule has 0 unspecified atom stereocenters. The smallest absolute Gasteiger partial charge is 0.335 e. The molecular formula is C15H11Cl2NO3. The third-order valence-electron chi connectivity index (χ3n) is 2.91. The van der Waals surface area contributed by atoms with E-state index in [1.54, 1.807) is 31.2 Å². The lowest BCUT2D eigenvalue weighted by Gasteiger charge is -2.09. The van der Waals surface area contributed by atoms with Crippen molar-refractivity contribution in [2.45, 2.75) is 6.92 Å². The lowest BCUT2D eigenvalue weighted by molar-refractivity contribution is 0.0696. The summed E-state index contributed by atoms with van der Waals surface area (Å²) in [6.07, 6.45) is 0. The largest absolute Gasteiger partial charge is 0.478 e. The first-order valence-corrected chi connectivity index (χ1v) is 6.75. The minimum absolute atomic E-state index is 0.176. The van der Waals surface area contributed by atoms with Crippen LogP contribution >= 0.6 is 23.2 Å². The number of aryl methyl sites for hydroxylation is 1. The van der Waals surface area contributed by atoms with Crippen LogP contribution in [0.1, 0.15) is 26.3 Å². The maximum Gasteiger partial charge on any atom is 0.335 e. The van der Waals surface area contributed by atoms with Gasteiger partial charge in [-0.15, -0.1) is 0 Å². The van der Waals surface area contributed by atoms with E-state index in [2.05, 4.69) is 5.32 Å². The zero-order valence-electron chi connectivity index (χ0n) is 11.0. The van der Waals surface area contributed by atoms with Crippen molar-refractivity contribution in [1.29, 1.82) is 0 Å². The highest BCUT2D eigenvalue weighted by Crippen LogP contribution is 2.26. The van der Waals surface area contributed by atoms with E-state index < -0.39 is 11.9 Å². The Morgan fingerprint density at radius 1 is 1.10 bits per heavy atom. The Morgan fingerprint density at radius 3 is 2.43 bits per heavy atom. The number of amides is 1. The van der Waals surface area contributed by atoms with Gasteiger partial charge in [0.1, 0.15) is 0 Å². The van der Waals surface area contributed by atoms with E-state index in [1.807, 2.05) is 0 Å². The normalized spacial score (nSPS) is 10.2. The minimum atomic E-state index is -1.01. The number of aromatic carboxylic acids is 1. The topological polar surface area (TPSA) is 66.4 Å². The molecule has 0 saturated carbocycles. The van der Waals surface area contributed by atoms with Crippen molar-refractivity contribution >= 4 is 40.8 Å². The third-order valence-corrected chi connectivity index (χ3v) is 3.73. The van der Waals surface area contributed by atoms with Crippen LogP contribution in [0.4, 0.5) is 5.69 Å². The van der Waals surface area contributed by atoms with Crippen LogP contribution in [0.3, 0.4) is 0 Å². The van der Waals surface area contributed by atoms with Crippen molar-refractivity contribution in [3.63, 3.8) is 0 Å². The van der Waals surface area contributed by atoms with Gasteiger partial charge >= 0.3 is 5.97 Å². The molecule has 2 rings (SSSR count). The molecule has 0 bridgehead atoms. The first-order chi connectivity index (χ1) is 9.90. The van der Waals surface area contributed by atoms with E-state index in [9.17, 15) is 9.59 Å². The molecule has 0 radical (unpaired) electrons. The van der Waals surface area contributed by atoms with E-state index in [4.69, 9.17) is 28.3 Å². The molecule has 0 saturated heterocycles. The molecule has 6 heteroatoms. The number of hydrogen-bond donors (Lipinski definition) is 2. The first kappa shape index (κ1) is 15.4. The number of carboxylic acids is 1. The fourth-order valence-corrected chi connectivity index (χ4v) is 2.25. The van der Waals surface area contributed by atoms with Crippen molar-refractivity contribution in [3.8, 4) is 0 Å². The van der Waals surface area contributed by atoms with Gasteiger partial charge in [-0.25, -0.2) is 4.79 Å². The Bertz CT molecular complexity index is 729. The highest BCUT2D eigenvalue weighted by Gasteiger charge is 2.14. The Morgan fingerprint density at radius 2 is 1.81 bits per heavy atom. The predicted octanol–water partition coefficient (Wildman–Crippen LogP) is 4.25. The van der Waals surface area contributed by atoms with E-state index in [1.165, 1.54) is 12.1 Å². The molecule has 0 aliphatic rings. The van der Waals surface area contributed by atoms with Gasteiger partial charge in [-0.05, 0) is 42.8 Å². The second-order valence-corrected chi connectivity index (χ2v) is 5.18. The van der Waals surface area contributed by atoms with Crippen molar-refractivity contribution in [2.24, 2.45) is 0 Å². The van der Waals surface area contributed by atoms with Crippen LogP contribution in [0.25, 0.3) is 0 Å². The summed E-state index contributed by atoms with van der Waals surface area (Å²) in [6, 6.07) is 9.32. The molecule has 21 heavy (non-hydrogen) atoms. The van der Waals surface area contributed by atoms with Crippen LogP contribution in [-0.4, -0.2) is 17.0 Å². The van der Waals surface area contributed by atoms with Gasteiger partial charge in [0.2, 0.25) is 0 Å². The third kappa shape index (κ3) is 3.35. The zero-order chi connectivity index (χ0) is 15.6. The minimum Gasteiger partial charge on any atom is -0.478 e. The Balaban J connectivity index is 2.26. The number of anilines is 1. The van der Waals surface area contributed by atoms with Gasteiger partial charge in [-0.3, -0.25) is 4.79 Å². The fraction of sp³-hybridized carbons (Fsp3) is 0.0667. The van der Waals surface area contributed by atoms with Gasteiger partial charge in [0.05, 0.1) is 21.2 Å². The summed E-state index contributed by atoms with van der Waals surface area (Å²) in [5, 5.41) is 12.1. The lowest BCUT2D eigenvalue weighted by Crippen LogP contribution is -2.13. The molecule has 0 aliphatic heterocycles. The molecule has 1 amide bonds. The van der Waals surface area contributed by atoms with Crippen LogP contribution in [0.2, 0.25) is 10.0 Å². The molecule has 0 heterocycles. The number of nitrogens with one attached hydrogen (secondary N) is 1. The van der Waals surface area contributed by atoms with Gasteiger partial charge in [0.15, 0.2) is 0 Å². The number of carboxylic acid groups (broad SMARTS) is 1. The summed E-state index contributed by atoms with van der Waals surface area (Å²) in [6.45, 7) is 1.66. The van der Waals surface area contributed by atoms with Crippen LogP contribution in [0, 0.1) is 6.92 Å². The Kier molecular flexibility index (Phi) is 4.50. The van der Waals surface area contributed by atoms with Crippen molar-refractivity contribution in [3.05, 3.63) is 63.1 Å². The average molecular weight is 324 g/mol. The summed E-state index contributed by atoms with van der Waals surface area (Å²) in [7, 11) is 0. The maximum absolute atomic E-state index is 12.1. The molecule has 2 aromatic carbocycles. The number of halogens is 2. The Labute approximate surface area is 131 Å². The van der Waals surface area contributed by atoms with E-state index >= 15 is 0 Å². The molecule has 2 N–H and O–H groups in total. The lowest BCUT2D eigenvalue weighted by atomic mass is 10.1. The molecule has 108 valence electrons. The summed E-state index contributed by atoms with van der Waals surface area (Å²) in [5.74, 6) is -1.42. The molecule has 0 fully saturated rings. The van der Waals surface area contributed by atoms with Crippen molar-refractivity contribution < 1.29 is 14.7 Å². The summed E-state index contributed by atoms with van der Waals surface area (Å²) < 4.78 is 0. The summed E-state index contributed by atoms with van der Waals surface area (Å²) >= 11 is 11.8. The molecule has 0 aromatic heterocycles. The van der Waals surface area contributed by atoms with Gasteiger partial charge in [-0.2, -0.15) is 0 Å². The standard InChI is InChI=1S/C15H11Cl2NO3/c1-8-7-9(5-6-10(8)15(20)21)18-14(19)11-3-2-4-12(16)13(11)17/h2-7H,1H3,(H,18,19)(H,20,21). The maximum atomic E-state index is 12.1.